The van der Waals surface area contributed by atoms with Crippen molar-refractivity contribution in [3.05, 3.63) is 0 Å². The highest BCUT2D eigenvalue weighted by molar-refractivity contribution is 5.99. The number of rotatable bonds is 41. The lowest BCUT2D eigenvalue weighted by molar-refractivity contribution is -0.143. The quantitative estimate of drug-likeness (QED) is 0.0259. The van der Waals surface area contributed by atoms with E-state index in [4.69, 9.17) is 34.4 Å². The highest BCUT2D eigenvalue weighted by atomic mass is 16.4. The number of carbonyl (C=O) groups is 11. The minimum absolute atomic E-state index is 0.0451. The first-order chi connectivity index (χ1) is 34.5. The molecule has 0 aromatic carbocycles. The van der Waals surface area contributed by atoms with Crippen molar-refractivity contribution in [3.8, 4) is 0 Å². The summed E-state index contributed by atoms with van der Waals surface area (Å²) < 4.78 is 0. The van der Waals surface area contributed by atoms with Crippen molar-refractivity contribution < 1.29 is 63.0 Å². The first kappa shape index (κ1) is 67.0. The van der Waals surface area contributed by atoms with E-state index in [9.17, 15) is 63.0 Å². The van der Waals surface area contributed by atoms with Gasteiger partial charge in [-0.2, -0.15) is 0 Å². The molecule has 0 aliphatic rings. The van der Waals surface area contributed by atoms with Gasteiger partial charge in [0, 0.05) is 0 Å². The second-order valence-electron chi connectivity index (χ2n) is 18.2. The number of carbonyl (C=O) groups excluding carboxylic acids is 9. The molecule has 0 aromatic rings. The van der Waals surface area contributed by atoms with E-state index < -0.39 is 139 Å². The number of hydrogen-bond acceptors (Lipinski definition) is 16. The molecule has 0 aromatic heterocycles. The van der Waals surface area contributed by atoms with E-state index in [1.165, 1.54) is 0 Å². The van der Waals surface area contributed by atoms with Gasteiger partial charge in [0.1, 0.15) is 42.3 Å². The molecule has 0 radical (unpaired) electrons. The summed E-state index contributed by atoms with van der Waals surface area (Å²) in [4.78, 5) is 144. The van der Waals surface area contributed by atoms with E-state index >= 15 is 0 Å². The Balaban J connectivity index is 6.39. The monoisotopic (exact) mass is 1040 g/mol. The Bertz CT molecular complexity index is 1790. The number of hydrogen-bond donors (Lipinski definition) is 16. The molecule has 22 N–H and O–H groups in total. The Morgan fingerprint density at radius 2 is 0.795 bits per heavy atom. The zero-order valence-corrected chi connectivity index (χ0v) is 43.0. The van der Waals surface area contributed by atoms with Crippen LogP contribution in [0.2, 0.25) is 0 Å². The molecule has 9 amide bonds. The summed E-state index contributed by atoms with van der Waals surface area (Å²) in [5, 5.41) is 39.0. The van der Waals surface area contributed by atoms with Crippen LogP contribution in [-0.4, -0.2) is 156 Å². The third kappa shape index (κ3) is 27.6. The van der Waals surface area contributed by atoms with Gasteiger partial charge in [0.15, 0.2) is 0 Å². The van der Waals surface area contributed by atoms with Gasteiger partial charge < -0.3 is 87.1 Å². The van der Waals surface area contributed by atoms with Crippen LogP contribution < -0.4 is 76.9 Å². The number of amides is 9. The molecule has 0 spiro atoms. The maximum absolute atomic E-state index is 14.0. The number of nitrogens with two attached hydrogens (primary N) is 6. The molecule has 0 saturated heterocycles. The van der Waals surface area contributed by atoms with E-state index in [0.29, 0.717) is 70.9 Å². The Kier molecular flexibility index (Phi) is 34.6. The van der Waals surface area contributed by atoms with Crippen molar-refractivity contribution in [2.75, 3.05) is 32.7 Å². The van der Waals surface area contributed by atoms with Crippen LogP contribution in [0, 0.1) is 11.8 Å². The Labute approximate surface area is 427 Å². The zero-order chi connectivity index (χ0) is 55.6. The van der Waals surface area contributed by atoms with Gasteiger partial charge in [0.2, 0.25) is 53.2 Å². The van der Waals surface area contributed by atoms with Crippen molar-refractivity contribution in [1.82, 2.24) is 42.5 Å². The van der Waals surface area contributed by atoms with Gasteiger partial charge in [-0.15, -0.1) is 0 Å². The molecule has 27 nitrogen and oxygen atoms in total. The molecule has 27 heteroatoms. The topological polar surface area (TPSA) is 481 Å². The Morgan fingerprint density at radius 1 is 0.438 bits per heavy atom. The summed E-state index contributed by atoms with van der Waals surface area (Å²) in [5.74, 6) is -11.9. The lowest BCUT2D eigenvalue weighted by Gasteiger charge is -2.28. The van der Waals surface area contributed by atoms with Crippen LogP contribution in [0.3, 0.4) is 0 Å². The average Bonchev–Trinajstić information content (AvgIpc) is 3.34. The van der Waals surface area contributed by atoms with E-state index in [1.54, 1.807) is 20.8 Å². The molecule has 0 aliphatic heterocycles. The van der Waals surface area contributed by atoms with E-state index in [-0.39, 0.29) is 51.1 Å². The fourth-order valence-electron chi connectivity index (χ4n) is 7.18. The largest absolute Gasteiger partial charge is 0.481 e. The van der Waals surface area contributed by atoms with E-state index in [1.807, 2.05) is 6.92 Å². The summed E-state index contributed by atoms with van der Waals surface area (Å²) in [7, 11) is 0. The summed E-state index contributed by atoms with van der Waals surface area (Å²) in [6.07, 6.45) is 2.65. The fourth-order valence-corrected chi connectivity index (χ4v) is 7.18. The molecule has 0 saturated carbocycles. The van der Waals surface area contributed by atoms with Crippen molar-refractivity contribution >= 4 is 65.1 Å². The maximum Gasteiger partial charge on any atom is 0.326 e. The molecule has 418 valence electrons. The van der Waals surface area contributed by atoms with Crippen LogP contribution >= 0.6 is 0 Å². The summed E-state index contributed by atoms with van der Waals surface area (Å²) in [6.45, 7) is 7.50. The second kappa shape index (κ2) is 37.7. The number of carboxylic acids is 2. The molecular formula is C46H86N14O13. The molecule has 73 heavy (non-hydrogen) atoms. The van der Waals surface area contributed by atoms with Gasteiger partial charge in [-0.05, 0) is 115 Å². The highest BCUT2D eigenvalue weighted by Gasteiger charge is 2.35. The molecule has 0 rings (SSSR count). The summed E-state index contributed by atoms with van der Waals surface area (Å²) in [6, 6.07) is -11.0. The molecule has 0 aliphatic carbocycles. The van der Waals surface area contributed by atoms with E-state index in [0.717, 1.165) is 0 Å². The SMILES string of the molecule is CC[C@H](C)[C@H](N)C(=O)N[C@@H](CCCCN)C(=O)N[C@@H](CCCCN)C(=O)NCC(=O)N[C@H](C(=O)N[C@@H](CCCCN)C(=O)N[C@@H](CC(=O)O)C(=O)N[C@@H](CC(N)=O)C(=O)N[C@@H](CCCCN)C(=O)O)[C@@H](C)CC. The third-order valence-electron chi connectivity index (χ3n) is 12.1. The van der Waals surface area contributed by atoms with Crippen LogP contribution in [0.25, 0.3) is 0 Å². The summed E-state index contributed by atoms with van der Waals surface area (Å²) >= 11 is 0. The molecule has 0 bridgehead atoms. The first-order valence-corrected chi connectivity index (χ1v) is 25.2. The minimum atomic E-state index is -1.91. The smallest absolute Gasteiger partial charge is 0.326 e. The first-order valence-electron chi connectivity index (χ1n) is 25.2. The molecule has 0 fully saturated rings. The molecular weight excluding hydrogens is 957 g/mol. The fraction of sp³-hybridized carbons (Fsp3) is 0.761. The van der Waals surface area contributed by atoms with Gasteiger partial charge in [0.25, 0.3) is 0 Å². The Hall–Kier alpha value is -6.03. The van der Waals surface area contributed by atoms with Gasteiger partial charge in [-0.1, -0.05) is 40.5 Å². The van der Waals surface area contributed by atoms with Crippen LogP contribution in [0.15, 0.2) is 0 Å². The van der Waals surface area contributed by atoms with Gasteiger partial charge in [-0.3, -0.25) is 47.9 Å². The van der Waals surface area contributed by atoms with Gasteiger partial charge >= 0.3 is 11.9 Å². The average molecular weight is 1040 g/mol. The second-order valence-corrected chi connectivity index (χ2v) is 18.2. The number of aliphatic carboxylic acids is 2. The molecule has 10 atom stereocenters. The van der Waals surface area contributed by atoms with Gasteiger partial charge in [-0.25, -0.2) is 4.79 Å². The van der Waals surface area contributed by atoms with Crippen LogP contribution in [-0.2, 0) is 52.7 Å². The molecule has 0 heterocycles. The highest BCUT2D eigenvalue weighted by Crippen LogP contribution is 2.13. The van der Waals surface area contributed by atoms with Crippen LogP contribution in [0.1, 0.15) is 130 Å². The lowest BCUT2D eigenvalue weighted by Crippen LogP contribution is -2.60. The zero-order valence-electron chi connectivity index (χ0n) is 43.0. The predicted octanol–water partition coefficient (Wildman–Crippen LogP) is -4.13. The third-order valence-corrected chi connectivity index (χ3v) is 12.1. The molecule has 0 unspecified atom stereocenters. The van der Waals surface area contributed by atoms with E-state index in [2.05, 4.69) is 42.5 Å². The van der Waals surface area contributed by atoms with Crippen molar-refractivity contribution in [2.45, 2.75) is 179 Å². The van der Waals surface area contributed by atoms with Gasteiger partial charge in [0.05, 0.1) is 25.4 Å². The van der Waals surface area contributed by atoms with Crippen molar-refractivity contribution in [1.29, 1.82) is 0 Å². The predicted molar refractivity (Wildman–Crippen MR) is 269 cm³/mol. The number of carboxylic acid groups (broad SMARTS) is 2. The van der Waals surface area contributed by atoms with Crippen molar-refractivity contribution in [3.63, 3.8) is 0 Å². The summed E-state index contributed by atoms with van der Waals surface area (Å²) in [5.41, 5.74) is 33.9. The maximum atomic E-state index is 14.0. The van der Waals surface area contributed by atoms with Crippen LogP contribution in [0.4, 0.5) is 0 Å². The Morgan fingerprint density at radius 3 is 1.19 bits per heavy atom. The minimum Gasteiger partial charge on any atom is -0.481 e. The lowest BCUT2D eigenvalue weighted by atomic mass is 9.97. The van der Waals surface area contributed by atoms with Crippen molar-refractivity contribution in [2.24, 2.45) is 46.2 Å². The number of primary amides is 1. The normalized spacial score (nSPS) is 15.2. The van der Waals surface area contributed by atoms with Crippen LogP contribution in [0.5, 0.6) is 0 Å². The standard InChI is InChI=1S/C46H86N14O13/c1-5-26(3)37(52)44(70)55-29(16-8-12-20-48)40(66)54-28(15-7-11-19-47)39(65)53-25-35(62)60-38(27(4)6-2)45(71)56-30(17-9-13-21-49)41(67)59-33(24-36(63)64)43(69)58-32(23-34(51)61)42(68)57-31(46(72)73)18-10-14-22-50/h26-33,37-38H,5-25,47-50,52H2,1-4H3,(H2,51,61)(H,53,65)(H,54,66)(H,55,70)(H,56,71)(H,57,68)(H,58,69)(H,59,67)(H,60,62)(H,63,64)(H,72,73)/t26-,27-,28-,29-,30-,31-,32-,33-,37-,38-/m0/s1. The number of nitrogens with one attached hydrogen (secondary N) is 8. The number of unbranched alkanes of at least 4 members (excludes halogenated alkanes) is 4.